The zero-order chi connectivity index (χ0) is 23.1. The van der Waals surface area contributed by atoms with Gasteiger partial charge in [0.05, 0.1) is 23.9 Å². The predicted octanol–water partition coefficient (Wildman–Crippen LogP) is 3.16. The predicted molar refractivity (Wildman–Crippen MR) is 120 cm³/mol. The van der Waals surface area contributed by atoms with E-state index in [2.05, 4.69) is 10.3 Å². The van der Waals surface area contributed by atoms with Crippen LogP contribution in [0, 0.1) is 6.92 Å². The monoisotopic (exact) mass is 434 g/mol. The second kappa shape index (κ2) is 10.5. The van der Waals surface area contributed by atoms with E-state index >= 15 is 0 Å². The number of pyridine rings is 1. The van der Waals surface area contributed by atoms with Gasteiger partial charge in [-0.2, -0.15) is 0 Å². The lowest BCUT2D eigenvalue weighted by Crippen LogP contribution is -2.44. The summed E-state index contributed by atoms with van der Waals surface area (Å²) in [5.41, 5.74) is 3.41. The van der Waals surface area contributed by atoms with Crippen molar-refractivity contribution in [1.82, 2.24) is 10.3 Å². The first kappa shape index (κ1) is 22.9. The molecule has 3 aromatic rings. The Balaban J connectivity index is 1.70. The molecule has 0 radical (unpaired) electrons. The molecule has 0 aliphatic rings. The maximum absolute atomic E-state index is 12.8. The van der Waals surface area contributed by atoms with Crippen LogP contribution in [0.3, 0.4) is 0 Å². The Morgan fingerprint density at radius 3 is 2.41 bits per heavy atom. The molecule has 0 aliphatic carbocycles. The van der Waals surface area contributed by atoms with Crippen molar-refractivity contribution in [3.63, 3.8) is 0 Å². The Hall–Kier alpha value is -3.74. The number of nitrogens with zero attached hydrogens (tertiary/aromatic N) is 1. The van der Waals surface area contributed by atoms with E-state index in [0.29, 0.717) is 17.7 Å². The fourth-order valence-electron chi connectivity index (χ4n) is 3.59. The van der Waals surface area contributed by atoms with Gasteiger partial charge in [0, 0.05) is 11.8 Å². The molecule has 0 spiro atoms. The van der Waals surface area contributed by atoms with E-state index in [0.717, 1.165) is 22.0 Å². The summed E-state index contributed by atoms with van der Waals surface area (Å²) < 4.78 is 10.1. The molecule has 1 heterocycles. The maximum atomic E-state index is 12.8. The van der Waals surface area contributed by atoms with Crippen LogP contribution in [0.1, 0.15) is 34.1 Å². The van der Waals surface area contributed by atoms with Gasteiger partial charge >= 0.3 is 11.9 Å². The number of aryl methyl sites for hydroxylation is 2. The molecule has 1 atom stereocenters. The molecule has 7 nitrogen and oxygen atoms in total. The topological polar surface area (TPSA) is 94.6 Å². The lowest BCUT2D eigenvalue weighted by Gasteiger charge is -2.17. The average molecular weight is 434 g/mol. The summed E-state index contributed by atoms with van der Waals surface area (Å²) in [4.78, 5) is 41.9. The molecule has 0 aliphatic heterocycles. The van der Waals surface area contributed by atoms with Gasteiger partial charge in [0.15, 0.2) is 6.61 Å². The zero-order valence-corrected chi connectivity index (χ0v) is 18.4. The third-order valence-electron chi connectivity index (χ3n) is 5.20. The first-order valence-corrected chi connectivity index (χ1v) is 10.4. The van der Waals surface area contributed by atoms with Gasteiger partial charge < -0.3 is 14.8 Å². The Kier molecular flexibility index (Phi) is 7.54. The summed E-state index contributed by atoms with van der Waals surface area (Å²) >= 11 is 0. The van der Waals surface area contributed by atoms with Crippen LogP contribution in [0.15, 0.2) is 54.6 Å². The number of methoxy groups -OCH3 is 1. The van der Waals surface area contributed by atoms with E-state index in [9.17, 15) is 14.4 Å². The van der Waals surface area contributed by atoms with E-state index in [1.807, 2.05) is 68.4 Å². The molecule has 3 rings (SSSR count). The molecule has 0 saturated carbocycles. The summed E-state index contributed by atoms with van der Waals surface area (Å²) in [7, 11) is 1.26. The van der Waals surface area contributed by atoms with Crippen molar-refractivity contribution in [2.24, 2.45) is 0 Å². The lowest BCUT2D eigenvalue weighted by molar-refractivity contribution is -0.145. The molecule has 2 aromatic carbocycles. The number of benzene rings is 2. The second-order valence-electron chi connectivity index (χ2n) is 7.34. The number of carbonyl (C=O) groups excluding carboxylic acids is 3. The van der Waals surface area contributed by atoms with Crippen molar-refractivity contribution < 1.29 is 23.9 Å². The number of para-hydroxylation sites is 1. The Morgan fingerprint density at radius 1 is 1.03 bits per heavy atom. The van der Waals surface area contributed by atoms with Crippen LogP contribution in [0.4, 0.5) is 0 Å². The van der Waals surface area contributed by atoms with E-state index in [4.69, 9.17) is 9.47 Å². The highest BCUT2D eigenvalue weighted by atomic mass is 16.5. The first-order chi connectivity index (χ1) is 15.4. The number of aromatic nitrogens is 1. The fraction of sp³-hybridized carbons (Fsp3) is 0.280. The minimum absolute atomic E-state index is 0.265. The van der Waals surface area contributed by atoms with Gasteiger partial charge in [0.1, 0.15) is 6.04 Å². The van der Waals surface area contributed by atoms with Crippen LogP contribution in [0.5, 0.6) is 0 Å². The molecular formula is C25H26N2O5. The highest BCUT2D eigenvalue weighted by Gasteiger charge is 2.24. The molecular weight excluding hydrogens is 408 g/mol. The summed E-state index contributed by atoms with van der Waals surface area (Å²) in [6.45, 7) is 3.23. The molecule has 0 saturated heterocycles. The van der Waals surface area contributed by atoms with Crippen LogP contribution in [-0.2, 0) is 31.9 Å². The van der Waals surface area contributed by atoms with Gasteiger partial charge in [-0.3, -0.25) is 9.78 Å². The van der Waals surface area contributed by atoms with Crippen LogP contribution >= 0.6 is 0 Å². The number of amides is 1. The second-order valence-corrected chi connectivity index (χ2v) is 7.34. The quantitative estimate of drug-likeness (QED) is 0.548. The normalized spacial score (nSPS) is 11.6. The molecule has 32 heavy (non-hydrogen) atoms. The summed E-state index contributed by atoms with van der Waals surface area (Å²) in [6.07, 6.45) is 0.810. The van der Waals surface area contributed by atoms with Crippen molar-refractivity contribution in [2.45, 2.75) is 32.7 Å². The number of rotatable bonds is 8. The van der Waals surface area contributed by atoms with E-state index in [1.165, 1.54) is 7.11 Å². The summed E-state index contributed by atoms with van der Waals surface area (Å²) in [6, 6.07) is 15.9. The number of carbonyl (C=O) groups is 3. The Bertz CT molecular complexity index is 1130. The molecule has 0 bridgehead atoms. The molecule has 0 fully saturated rings. The lowest BCUT2D eigenvalue weighted by atomic mass is 10.0. The minimum Gasteiger partial charge on any atom is -0.467 e. The van der Waals surface area contributed by atoms with Crippen molar-refractivity contribution in [1.29, 1.82) is 0 Å². The largest absolute Gasteiger partial charge is 0.467 e. The minimum atomic E-state index is -0.885. The van der Waals surface area contributed by atoms with E-state index in [-0.39, 0.29) is 6.42 Å². The van der Waals surface area contributed by atoms with Crippen LogP contribution in [0.25, 0.3) is 10.9 Å². The molecule has 166 valence electrons. The van der Waals surface area contributed by atoms with Crippen LogP contribution in [-0.4, -0.2) is 42.6 Å². The molecule has 1 aromatic heterocycles. The van der Waals surface area contributed by atoms with Gasteiger partial charge in [-0.05, 0) is 30.5 Å². The average Bonchev–Trinajstić information content (AvgIpc) is 2.82. The number of nitrogens with one attached hydrogen (secondary N) is 1. The number of hydrogen-bond acceptors (Lipinski definition) is 6. The number of esters is 2. The standard InChI is InChI=1S/C25H26N2O5/c1-4-19-23(16(2)18-12-8-9-13-20(18)26-19)25(30)32-15-22(28)27-21(24(29)31-3)14-17-10-6-5-7-11-17/h5-13,21H,4,14-15H2,1-3H3,(H,27,28). The molecule has 1 N–H and O–H groups in total. The Labute approximate surface area is 186 Å². The highest BCUT2D eigenvalue weighted by molar-refractivity contribution is 5.99. The highest BCUT2D eigenvalue weighted by Crippen LogP contribution is 2.24. The van der Waals surface area contributed by atoms with Crippen molar-refractivity contribution in [3.8, 4) is 0 Å². The first-order valence-electron chi connectivity index (χ1n) is 10.4. The molecule has 1 unspecified atom stereocenters. The molecule has 7 heteroatoms. The maximum Gasteiger partial charge on any atom is 0.340 e. The van der Waals surface area contributed by atoms with Gasteiger partial charge in [-0.25, -0.2) is 9.59 Å². The Morgan fingerprint density at radius 2 is 1.72 bits per heavy atom. The van der Waals surface area contributed by atoms with Crippen molar-refractivity contribution in [3.05, 3.63) is 77.0 Å². The third-order valence-corrected chi connectivity index (χ3v) is 5.20. The summed E-state index contributed by atoms with van der Waals surface area (Å²) in [5.74, 6) is -1.78. The van der Waals surface area contributed by atoms with Gasteiger partial charge in [0.25, 0.3) is 5.91 Å². The van der Waals surface area contributed by atoms with E-state index < -0.39 is 30.5 Å². The van der Waals surface area contributed by atoms with Crippen molar-refractivity contribution in [2.75, 3.05) is 13.7 Å². The number of ether oxygens (including phenoxy) is 2. The van der Waals surface area contributed by atoms with Gasteiger partial charge in [-0.15, -0.1) is 0 Å². The molecule has 1 amide bonds. The number of fused-ring (bicyclic) bond motifs is 1. The van der Waals surface area contributed by atoms with Gasteiger partial charge in [0.2, 0.25) is 0 Å². The van der Waals surface area contributed by atoms with Gasteiger partial charge in [-0.1, -0.05) is 55.5 Å². The SMILES string of the molecule is CCc1nc2ccccc2c(C)c1C(=O)OCC(=O)NC(Cc1ccccc1)C(=O)OC. The van der Waals surface area contributed by atoms with Crippen LogP contribution < -0.4 is 5.32 Å². The summed E-state index contributed by atoms with van der Waals surface area (Å²) in [5, 5.41) is 3.45. The van der Waals surface area contributed by atoms with E-state index in [1.54, 1.807) is 0 Å². The fourth-order valence-corrected chi connectivity index (χ4v) is 3.59. The number of hydrogen-bond donors (Lipinski definition) is 1. The van der Waals surface area contributed by atoms with Crippen molar-refractivity contribution >= 4 is 28.7 Å². The zero-order valence-electron chi connectivity index (χ0n) is 18.4. The van der Waals surface area contributed by atoms with Crippen LogP contribution in [0.2, 0.25) is 0 Å². The third kappa shape index (κ3) is 5.29. The smallest absolute Gasteiger partial charge is 0.340 e.